The second kappa shape index (κ2) is 8.67. The third-order valence-electron chi connectivity index (χ3n) is 4.05. The first-order valence-corrected chi connectivity index (χ1v) is 8.71. The second-order valence-corrected chi connectivity index (χ2v) is 6.19. The molecule has 2 amide bonds. The van der Waals surface area contributed by atoms with Crippen molar-refractivity contribution in [1.82, 2.24) is 0 Å². The van der Waals surface area contributed by atoms with E-state index >= 15 is 0 Å². The van der Waals surface area contributed by atoms with Gasteiger partial charge >= 0.3 is 0 Å². The molecule has 0 radical (unpaired) electrons. The van der Waals surface area contributed by atoms with Gasteiger partial charge in [-0.25, -0.2) is 0 Å². The Morgan fingerprint density at radius 3 is 2.11 bits per heavy atom. The molecule has 3 aromatic carbocycles. The van der Waals surface area contributed by atoms with Gasteiger partial charge in [0.2, 0.25) is 5.91 Å². The van der Waals surface area contributed by atoms with Crippen LogP contribution in [0.2, 0.25) is 0 Å². The summed E-state index contributed by atoms with van der Waals surface area (Å²) in [6, 6.07) is 23.6. The molecule has 5 nitrogen and oxygen atoms in total. The van der Waals surface area contributed by atoms with Crippen LogP contribution >= 0.6 is 0 Å². The van der Waals surface area contributed by atoms with E-state index in [-0.39, 0.29) is 11.8 Å². The van der Waals surface area contributed by atoms with Gasteiger partial charge in [0.1, 0.15) is 0 Å². The highest BCUT2D eigenvalue weighted by atomic mass is 16.2. The lowest BCUT2D eigenvalue weighted by atomic mass is 10.1. The molecule has 0 saturated heterocycles. The fourth-order valence-electron chi connectivity index (χ4n) is 2.66. The first-order valence-electron chi connectivity index (χ1n) is 8.71. The number of benzene rings is 3. The molecule has 0 atom stereocenters. The summed E-state index contributed by atoms with van der Waals surface area (Å²) in [5.74, 6) is -0.243. The van der Waals surface area contributed by atoms with Gasteiger partial charge in [0, 0.05) is 29.0 Å². The van der Waals surface area contributed by atoms with Gasteiger partial charge in [-0.1, -0.05) is 30.3 Å². The maximum absolute atomic E-state index is 12.1. The maximum Gasteiger partial charge on any atom is 0.255 e. The molecule has 3 aromatic rings. The van der Waals surface area contributed by atoms with Crippen LogP contribution in [0.4, 0.5) is 17.1 Å². The predicted octanol–water partition coefficient (Wildman–Crippen LogP) is 4.09. The summed E-state index contributed by atoms with van der Waals surface area (Å²) >= 11 is 0. The third kappa shape index (κ3) is 5.44. The number of amides is 2. The Balaban J connectivity index is 1.51. The van der Waals surface area contributed by atoms with Crippen LogP contribution in [-0.2, 0) is 11.2 Å². The average molecular weight is 359 g/mol. The number of hydrogen-bond donors (Lipinski definition) is 3. The molecule has 0 heterocycles. The predicted molar refractivity (Wildman–Crippen MR) is 109 cm³/mol. The molecule has 5 heteroatoms. The van der Waals surface area contributed by atoms with E-state index in [4.69, 9.17) is 5.73 Å². The highest BCUT2D eigenvalue weighted by Gasteiger charge is 2.06. The second-order valence-electron chi connectivity index (χ2n) is 6.19. The molecule has 0 bridgehead atoms. The first kappa shape index (κ1) is 18.2. The highest BCUT2D eigenvalue weighted by molar-refractivity contribution is 6.04. The molecule has 0 saturated carbocycles. The van der Waals surface area contributed by atoms with Crippen molar-refractivity contribution in [2.45, 2.75) is 12.8 Å². The molecule has 0 aromatic heterocycles. The quantitative estimate of drug-likeness (QED) is 0.580. The van der Waals surface area contributed by atoms with Gasteiger partial charge in [0.15, 0.2) is 0 Å². The van der Waals surface area contributed by atoms with E-state index in [1.54, 1.807) is 36.4 Å². The Labute approximate surface area is 158 Å². The molecule has 4 N–H and O–H groups in total. The smallest absolute Gasteiger partial charge is 0.255 e. The SMILES string of the molecule is Nc1cccc(CCC(=O)Nc2ccc(NC(=O)c3ccccc3)cc2)c1. The number of carbonyl (C=O) groups excluding carboxylic acids is 2. The van der Waals surface area contributed by atoms with Gasteiger partial charge in [-0.2, -0.15) is 0 Å². The number of carbonyl (C=O) groups is 2. The van der Waals surface area contributed by atoms with Gasteiger partial charge in [-0.15, -0.1) is 0 Å². The van der Waals surface area contributed by atoms with Crippen LogP contribution < -0.4 is 16.4 Å². The van der Waals surface area contributed by atoms with Crippen molar-refractivity contribution in [3.63, 3.8) is 0 Å². The minimum Gasteiger partial charge on any atom is -0.399 e. The van der Waals surface area contributed by atoms with Crippen LogP contribution in [0.1, 0.15) is 22.3 Å². The molecule has 27 heavy (non-hydrogen) atoms. The largest absolute Gasteiger partial charge is 0.399 e. The first-order chi connectivity index (χ1) is 13.1. The number of nitrogen functional groups attached to an aromatic ring is 1. The van der Waals surface area contributed by atoms with E-state index in [0.29, 0.717) is 35.5 Å². The summed E-state index contributed by atoms with van der Waals surface area (Å²) in [7, 11) is 0. The lowest BCUT2D eigenvalue weighted by molar-refractivity contribution is -0.116. The van der Waals surface area contributed by atoms with Crippen molar-refractivity contribution < 1.29 is 9.59 Å². The fraction of sp³-hybridized carbons (Fsp3) is 0.0909. The lowest BCUT2D eigenvalue weighted by Gasteiger charge is -2.08. The van der Waals surface area contributed by atoms with Crippen LogP contribution in [0.15, 0.2) is 78.9 Å². The van der Waals surface area contributed by atoms with Crippen molar-refractivity contribution in [3.8, 4) is 0 Å². The van der Waals surface area contributed by atoms with Gasteiger partial charge < -0.3 is 16.4 Å². The molecule has 3 rings (SSSR count). The van der Waals surface area contributed by atoms with E-state index in [1.807, 2.05) is 42.5 Å². The Morgan fingerprint density at radius 1 is 0.778 bits per heavy atom. The summed E-state index contributed by atoms with van der Waals surface area (Å²) in [6.45, 7) is 0. The molecule has 0 aliphatic heterocycles. The summed E-state index contributed by atoms with van der Waals surface area (Å²) in [4.78, 5) is 24.2. The van der Waals surface area contributed by atoms with Crippen molar-refractivity contribution in [3.05, 3.63) is 90.0 Å². The maximum atomic E-state index is 12.1. The minimum atomic E-state index is -0.172. The molecule has 0 spiro atoms. The van der Waals surface area contributed by atoms with E-state index in [2.05, 4.69) is 10.6 Å². The van der Waals surface area contributed by atoms with Crippen LogP contribution in [0.25, 0.3) is 0 Å². The zero-order valence-corrected chi connectivity index (χ0v) is 14.8. The monoisotopic (exact) mass is 359 g/mol. The zero-order chi connectivity index (χ0) is 19.1. The van der Waals surface area contributed by atoms with E-state index in [1.165, 1.54) is 0 Å². The number of anilines is 3. The zero-order valence-electron chi connectivity index (χ0n) is 14.8. The Bertz CT molecular complexity index is 922. The summed E-state index contributed by atoms with van der Waals surface area (Å²) < 4.78 is 0. The van der Waals surface area contributed by atoms with Crippen LogP contribution in [0.3, 0.4) is 0 Å². The third-order valence-corrected chi connectivity index (χ3v) is 4.05. The molecular weight excluding hydrogens is 338 g/mol. The van der Waals surface area contributed by atoms with Crippen molar-refractivity contribution >= 4 is 28.9 Å². The normalized spacial score (nSPS) is 10.2. The van der Waals surface area contributed by atoms with Gasteiger partial charge in [0.25, 0.3) is 5.91 Å². The highest BCUT2D eigenvalue weighted by Crippen LogP contribution is 2.16. The van der Waals surface area contributed by atoms with Crippen LogP contribution in [0.5, 0.6) is 0 Å². The molecule has 0 aliphatic rings. The molecule has 136 valence electrons. The Kier molecular flexibility index (Phi) is 5.84. The van der Waals surface area contributed by atoms with Gasteiger partial charge in [-0.05, 0) is 60.5 Å². The van der Waals surface area contributed by atoms with Crippen LogP contribution in [0, 0.1) is 0 Å². The summed E-state index contributed by atoms with van der Waals surface area (Å²) in [6.07, 6.45) is 0.998. The van der Waals surface area contributed by atoms with E-state index in [0.717, 1.165) is 5.56 Å². The van der Waals surface area contributed by atoms with E-state index < -0.39 is 0 Å². The molecule has 0 aliphatic carbocycles. The van der Waals surface area contributed by atoms with E-state index in [9.17, 15) is 9.59 Å². The number of aryl methyl sites for hydroxylation is 1. The van der Waals surface area contributed by atoms with Crippen molar-refractivity contribution in [2.75, 3.05) is 16.4 Å². The number of rotatable bonds is 6. The van der Waals surface area contributed by atoms with Crippen molar-refractivity contribution in [2.24, 2.45) is 0 Å². The van der Waals surface area contributed by atoms with Gasteiger partial charge in [0.05, 0.1) is 0 Å². The average Bonchev–Trinajstić information content (AvgIpc) is 2.69. The standard InChI is InChI=1S/C22H21N3O2/c23-18-8-4-5-16(15-18)9-14-21(26)24-19-10-12-20(13-11-19)25-22(27)17-6-2-1-3-7-17/h1-8,10-13,15H,9,14,23H2,(H,24,26)(H,25,27). The number of hydrogen-bond acceptors (Lipinski definition) is 3. The summed E-state index contributed by atoms with van der Waals surface area (Å²) in [5, 5.41) is 5.68. The number of nitrogens with one attached hydrogen (secondary N) is 2. The van der Waals surface area contributed by atoms with Crippen molar-refractivity contribution in [1.29, 1.82) is 0 Å². The molecule has 0 unspecified atom stereocenters. The van der Waals surface area contributed by atoms with Gasteiger partial charge in [-0.3, -0.25) is 9.59 Å². The number of nitrogens with two attached hydrogens (primary N) is 1. The lowest BCUT2D eigenvalue weighted by Crippen LogP contribution is -2.13. The summed E-state index contributed by atoms with van der Waals surface area (Å²) in [5.41, 5.74) is 9.42. The minimum absolute atomic E-state index is 0.0708. The molecular formula is C22H21N3O2. The molecule has 0 fully saturated rings. The van der Waals surface area contributed by atoms with Crippen LogP contribution in [-0.4, -0.2) is 11.8 Å². The Hall–Kier alpha value is -3.60. The fourth-order valence-corrected chi connectivity index (χ4v) is 2.66. The topological polar surface area (TPSA) is 84.2 Å². The Morgan fingerprint density at radius 2 is 1.44 bits per heavy atom.